The highest BCUT2D eigenvalue weighted by Crippen LogP contribution is 2.26. The number of likely N-dealkylation sites (tertiary alicyclic amines) is 1. The van der Waals surface area contributed by atoms with E-state index in [4.69, 9.17) is 0 Å². The van der Waals surface area contributed by atoms with Crippen molar-refractivity contribution in [1.82, 2.24) is 19.2 Å². The molecule has 1 aliphatic rings. The van der Waals surface area contributed by atoms with Crippen molar-refractivity contribution in [2.24, 2.45) is 0 Å². The Morgan fingerprint density at radius 1 is 1.07 bits per heavy atom. The Morgan fingerprint density at radius 2 is 1.70 bits per heavy atom. The van der Waals surface area contributed by atoms with Crippen LogP contribution in [0.15, 0.2) is 53.3 Å². The van der Waals surface area contributed by atoms with Gasteiger partial charge in [0.1, 0.15) is 0 Å². The van der Waals surface area contributed by atoms with Gasteiger partial charge in [-0.15, -0.1) is 0 Å². The lowest BCUT2D eigenvalue weighted by Gasteiger charge is -2.33. The van der Waals surface area contributed by atoms with Gasteiger partial charge >= 0.3 is 0 Å². The summed E-state index contributed by atoms with van der Waals surface area (Å²) in [7, 11) is 0. The molecule has 3 heterocycles. The minimum Gasteiger partial charge on any atom is -0.351 e. The third-order valence-electron chi connectivity index (χ3n) is 5.38. The van der Waals surface area contributed by atoms with Gasteiger partial charge in [-0.1, -0.05) is 15.9 Å². The standard InChI is InChI=1S/C21H23BrN4O/c1-15-20(16(2)26(23-15)19-7-5-17(22)6-8-19)21(27)25-13-9-18(10-14-25)24-11-3-4-12-24/h3-8,11-12,18H,9-10,13-14H2,1-2H3. The minimum absolute atomic E-state index is 0.0966. The summed E-state index contributed by atoms with van der Waals surface area (Å²) >= 11 is 3.46. The number of hydrogen-bond acceptors (Lipinski definition) is 2. The van der Waals surface area contributed by atoms with Gasteiger partial charge in [-0.05, 0) is 63.1 Å². The maximum Gasteiger partial charge on any atom is 0.257 e. The first-order valence-electron chi connectivity index (χ1n) is 9.28. The number of carbonyl (C=O) groups excluding carboxylic acids is 1. The summed E-state index contributed by atoms with van der Waals surface area (Å²) in [5.74, 6) is 0.0966. The maximum atomic E-state index is 13.2. The normalized spacial score (nSPS) is 15.3. The number of piperidine rings is 1. The summed E-state index contributed by atoms with van der Waals surface area (Å²) in [4.78, 5) is 15.2. The molecule has 0 bridgehead atoms. The molecule has 0 saturated carbocycles. The predicted molar refractivity (Wildman–Crippen MR) is 109 cm³/mol. The van der Waals surface area contributed by atoms with E-state index in [0.717, 1.165) is 53.0 Å². The number of halogens is 1. The van der Waals surface area contributed by atoms with E-state index in [1.165, 1.54) is 0 Å². The highest BCUT2D eigenvalue weighted by atomic mass is 79.9. The predicted octanol–water partition coefficient (Wildman–Crippen LogP) is 4.53. The van der Waals surface area contributed by atoms with Crippen LogP contribution in [0.25, 0.3) is 5.69 Å². The average molecular weight is 427 g/mol. The summed E-state index contributed by atoms with van der Waals surface area (Å²) in [6.45, 7) is 5.46. The molecule has 4 rings (SSSR count). The van der Waals surface area contributed by atoms with Crippen molar-refractivity contribution in [2.75, 3.05) is 13.1 Å². The van der Waals surface area contributed by atoms with E-state index < -0.39 is 0 Å². The average Bonchev–Trinajstić information content (AvgIpc) is 3.31. The van der Waals surface area contributed by atoms with E-state index in [1.807, 2.05) is 47.7 Å². The van der Waals surface area contributed by atoms with E-state index in [-0.39, 0.29) is 5.91 Å². The lowest BCUT2D eigenvalue weighted by Crippen LogP contribution is -2.39. The second-order valence-electron chi connectivity index (χ2n) is 7.09. The maximum absolute atomic E-state index is 13.2. The molecule has 0 N–H and O–H groups in total. The lowest BCUT2D eigenvalue weighted by molar-refractivity contribution is 0.0693. The van der Waals surface area contributed by atoms with Gasteiger partial charge in [-0.3, -0.25) is 4.79 Å². The van der Waals surface area contributed by atoms with Crippen LogP contribution < -0.4 is 0 Å². The van der Waals surface area contributed by atoms with Crippen LogP contribution in [-0.4, -0.2) is 38.2 Å². The summed E-state index contributed by atoms with van der Waals surface area (Å²) in [6, 6.07) is 12.6. The first kappa shape index (κ1) is 18.0. The minimum atomic E-state index is 0.0966. The molecule has 1 saturated heterocycles. The first-order chi connectivity index (χ1) is 13.0. The van der Waals surface area contributed by atoms with E-state index in [9.17, 15) is 4.79 Å². The van der Waals surface area contributed by atoms with Crippen molar-refractivity contribution < 1.29 is 4.79 Å². The molecule has 0 unspecified atom stereocenters. The summed E-state index contributed by atoms with van der Waals surface area (Å²) in [5.41, 5.74) is 3.38. The molecule has 1 amide bonds. The highest BCUT2D eigenvalue weighted by molar-refractivity contribution is 9.10. The van der Waals surface area contributed by atoms with Gasteiger partial charge in [0.25, 0.3) is 5.91 Å². The molecule has 1 aromatic carbocycles. The SMILES string of the molecule is Cc1nn(-c2ccc(Br)cc2)c(C)c1C(=O)N1CCC(n2cccc2)CC1. The van der Waals surface area contributed by atoms with Crippen molar-refractivity contribution in [2.45, 2.75) is 32.7 Å². The molecule has 6 heteroatoms. The summed E-state index contributed by atoms with van der Waals surface area (Å²) in [6.07, 6.45) is 6.19. The Bertz CT molecular complexity index is 935. The number of amides is 1. The van der Waals surface area contributed by atoms with Crippen LogP contribution in [0.3, 0.4) is 0 Å². The fraction of sp³-hybridized carbons (Fsp3) is 0.333. The van der Waals surface area contributed by atoms with Crippen LogP contribution in [0.2, 0.25) is 0 Å². The van der Waals surface area contributed by atoms with Crippen molar-refractivity contribution in [3.63, 3.8) is 0 Å². The molecular formula is C21H23BrN4O. The fourth-order valence-corrected chi connectivity index (χ4v) is 4.17. The Kier molecular flexibility index (Phi) is 4.91. The van der Waals surface area contributed by atoms with Gasteiger partial charge < -0.3 is 9.47 Å². The van der Waals surface area contributed by atoms with Crippen LogP contribution in [0.5, 0.6) is 0 Å². The number of aromatic nitrogens is 3. The Labute approximate surface area is 167 Å². The van der Waals surface area contributed by atoms with E-state index in [1.54, 1.807) is 0 Å². The van der Waals surface area contributed by atoms with Crippen molar-refractivity contribution in [3.05, 3.63) is 70.2 Å². The highest BCUT2D eigenvalue weighted by Gasteiger charge is 2.28. The summed E-state index contributed by atoms with van der Waals surface area (Å²) in [5, 5.41) is 4.63. The number of aryl methyl sites for hydroxylation is 1. The summed E-state index contributed by atoms with van der Waals surface area (Å²) < 4.78 is 5.14. The molecule has 0 atom stereocenters. The monoisotopic (exact) mass is 426 g/mol. The Morgan fingerprint density at radius 3 is 2.33 bits per heavy atom. The molecule has 0 radical (unpaired) electrons. The molecule has 1 fully saturated rings. The smallest absolute Gasteiger partial charge is 0.257 e. The molecule has 3 aromatic rings. The fourth-order valence-electron chi connectivity index (χ4n) is 3.90. The lowest BCUT2D eigenvalue weighted by atomic mass is 10.0. The van der Waals surface area contributed by atoms with Crippen LogP contribution >= 0.6 is 15.9 Å². The number of benzene rings is 1. The number of rotatable bonds is 3. The molecule has 140 valence electrons. The van der Waals surface area contributed by atoms with E-state index in [2.05, 4.69) is 50.1 Å². The zero-order valence-electron chi connectivity index (χ0n) is 15.6. The van der Waals surface area contributed by atoms with Gasteiger partial charge in [-0.2, -0.15) is 5.10 Å². The molecule has 2 aromatic heterocycles. The number of carbonyl (C=O) groups is 1. The molecule has 0 spiro atoms. The Hall–Kier alpha value is -2.34. The van der Waals surface area contributed by atoms with Crippen LogP contribution in [-0.2, 0) is 0 Å². The van der Waals surface area contributed by atoms with Gasteiger partial charge in [0, 0.05) is 36.0 Å². The third-order valence-corrected chi connectivity index (χ3v) is 5.91. The quantitative estimate of drug-likeness (QED) is 0.617. The van der Waals surface area contributed by atoms with Gasteiger partial charge in [0.05, 0.1) is 22.6 Å². The van der Waals surface area contributed by atoms with Crippen LogP contribution in [0.4, 0.5) is 0 Å². The largest absolute Gasteiger partial charge is 0.351 e. The second-order valence-corrected chi connectivity index (χ2v) is 8.00. The van der Waals surface area contributed by atoms with Crippen molar-refractivity contribution in [1.29, 1.82) is 0 Å². The zero-order chi connectivity index (χ0) is 19.0. The topological polar surface area (TPSA) is 43.1 Å². The number of nitrogens with zero attached hydrogens (tertiary/aromatic N) is 4. The van der Waals surface area contributed by atoms with Gasteiger partial charge in [0.15, 0.2) is 0 Å². The zero-order valence-corrected chi connectivity index (χ0v) is 17.2. The third kappa shape index (κ3) is 3.46. The second kappa shape index (κ2) is 7.35. The van der Waals surface area contributed by atoms with Crippen molar-refractivity contribution >= 4 is 21.8 Å². The van der Waals surface area contributed by atoms with Crippen molar-refractivity contribution in [3.8, 4) is 5.69 Å². The molecule has 0 aliphatic carbocycles. The molecule has 27 heavy (non-hydrogen) atoms. The molecular weight excluding hydrogens is 404 g/mol. The Balaban J connectivity index is 1.53. The van der Waals surface area contributed by atoms with Crippen LogP contribution in [0.1, 0.15) is 40.6 Å². The van der Waals surface area contributed by atoms with Gasteiger partial charge in [0.2, 0.25) is 0 Å². The molecule has 1 aliphatic heterocycles. The van der Waals surface area contributed by atoms with E-state index in [0.29, 0.717) is 6.04 Å². The van der Waals surface area contributed by atoms with Crippen LogP contribution in [0, 0.1) is 13.8 Å². The number of hydrogen-bond donors (Lipinski definition) is 0. The van der Waals surface area contributed by atoms with Gasteiger partial charge in [-0.25, -0.2) is 4.68 Å². The first-order valence-corrected chi connectivity index (χ1v) is 10.1. The molecule has 5 nitrogen and oxygen atoms in total. The van der Waals surface area contributed by atoms with E-state index >= 15 is 0 Å².